The molecule has 1 N–H and O–H groups in total. The van der Waals surface area contributed by atoms with E-state index in [2.05, 4.69) is 10.3 Å². The molecule has 0 atom stereocenters. The third kappa shape index (κ3) is 8.61. The molecule has 0 spiro atoms. The molecule has 7 heteroatoms. The number of hydrogen-bond acceptors (Lipinski definition) is 5. The summed E-state index contributed by atoms with van der Waals surface area (Å²) < 4.78 is 14.4. The van der Waals surface area contributed by atoms with Gasteiger partial charge in [0.05, 0.1) is 17.9 Å². The molecule has 0 saturated carbocycles. The van der Waals surface area contributed by atoms with E-state index in [0.717, 1.165) is 47.7 Å². The summed E-state index contributed by atoms with van der Waals surface area (Å²) in [6, 6.07) is 1.91. The minimum atomic E-state index is -0.265. The predicted octanol–water partition coefficient (Wildman–Crippen LogP) is 6.59. The number of aldehydes is 1. The van der Waals surface area contributed by atoms with Gasteiger partial charge in [-0.3, -0.25) is 4.79 Å². The first-order valence-corrected chi connectivity index (χ1v) is 11.7. The summed E-state index contributed by atoms with van der Waals surface area (Å²) in [5.74, 6) is -0.265. The van der Waals surface area contributed by atoms with E-state index in [1.807, 2.05) is 37.6 Å². The molecule has 1 fully saturated rings. The molecule has 31 heavy (non-hydrogen) atoms. The third-order valence-electron chi connectivity index (χ3n) is 4.65. The normalized spacial score (nSPS) is 14.2. The molecular weight excluding hydrogens is 411 g/mol. The maximum absolute atomic E-state index is 12.4. The number of halogens is 1. The summed E-state index contributed by atoms with van der Waals surface area (Å²) in [4.78, 5) is 18.1. The molecule has 170 valence electrons. The van der Waals surface area contributed by atoms with Crippen molar-refractivity contribution in [2.75, 3.05) is 18.0 Å². The van der Waals surface area contributed by atoms with Gasteiger partial charge < -0.3 is 14.9 Å². The zero-order valence-corrected chi connectivity index (χ0v) is 20.1. The first-order chi connectivity index (χ1) is 15.0. The van der Waals surface area contributed by atoms with Crippen LogP contribution < -0.4 is 4.90 Å². The van der Waals surface area contributed by atoms with Crippen LogP contribution in [-0.4, -0.2) is 35.1 Å². The van der Waals surface area contributed by atoms with Crippen molar-refractivity contribution >= 4 is 29.0 Å². The topological polar surface area (TPSA) is 62.0 Å². The maximum atomic E-state index is 12.4. The maximum Gasteiger partial charge on any atom is 0.185 e. The minimum Gasteiger partial charge on any atom is -0.348 e. The highest BCUT2D eigenvalue weighted by atomic mass is 32.1. The molecular formula is C24H35FN4OS. The average Bonchev–Trinajstić information content (AvgIpc) is 3.42. The lowest BCUT2D eigenvalue weighted by Gasteiger charge is -2.25. The Kier molecular flexibility index (Phi) is 12.4. The SMILES string of the molecule is C/C=C(F)\C(C)=C/C=N.CC.Cc1cc(C=O)n(Cc2csc(N3CCCCC3)n2)c1. The summed E-state index contributed by atoms with van der Waals surface area (Å²) in [5.41, 5.74) is 3.36. The van der Waals surface area contributed by atoms with E-state index in [4.69, 9.17) is 10.4 Å². The third-order valence-corrected chi connectivity index (χ3v) is 5.60. The quantitative estimate of drug-likeness (QED) is 0.309. The van der Waals surface area contributed by atoms with E-state index in [9.17, 15) is 9.18 Å². The van der Waals surface area contributed by atoms with Crippen molar-refractivity contribution in [3.8, 4) is 0 Å². The lowest BCUT2D eigenvalue weighted by atomic mass is 10.1. The monoisotopic (exact) mass is 446 g/mol. The number of nitrogens with zero attached hydrogens (tertiary/aromatic N) is 3. The molecule has 3 rings (SSSR count). The smallest absolute Gasteiger partial charge is 0.185 e. The fourth-order valence-electron chi connectivity index (χ4n) is 3.12. The van der Waals surface area contributed by atoms with Crippen molar-refractivity contribution in [2.45, 2.75) is 60.4 Å². The average molecular weight is 447 g/mol. The summed E-state index contributed by atoms with van der Waals surface area (Å²) in [7, 11) is 0. The predicted molar refractivity (Wildman–Crippen MR) is 131 cm³/mol. The number of hydrogen-bond donors (Lipinski definition) is 1. The molecule has 0 aromatic carbocycles. The van der Waals surface area contributed by atoms with Gasteiger partial charge in [0, 0.05) is 30.9 Å². The first-order valence-electron chi connectivity index (χ1n) is 10.8. The number of rotatable bonds is 6. The van der Waals surface area contributed by atoms with Gasteiger partial charge in [-0.2, -0.15) is 0 Å². The van der Waals surface area contributed by atoms with Crippen molar-refractivity contribution in [2.24, 2.45) is 0 Å². The number of anilines is 1. The summed E-state index contributed by atoms with van der Waals surface area (Å²) in [6.07, 6.45) is 10.6. The number of carbonyl (C=O) groups excluding carboxylic acids is 1. The van der Waals surface area contributed by atoms with Crippen LogP contribution in [0.3, 0.4) is 0 Å². The van der Waals surface area contributed by atoms with Crippen molar-refractivity contribution in [1.82, 2.24) is 9.55 Å². The molecule has 2 aromatic rings. The Morgan fingerprint density at radius 1 is 1.29 bits per heavy atom. The number of allylic oxidation sites excluding steroid dienone is 4. The van der Waals surface area contributed by atoms with Gasteiger partial charge in [0.25, 0.3) is 0 Å². The van der Waals surface area contributed by atoms with Crippen LogP contribution in [0.2, 0.25) is 0 Å². The van der Waals surface area contributed by atoms with Crippen LogP contribution in [0.4, 0.5) is 9.52 Å². The molecule has 3 heterocycles. The first kappa shape index (κ1) is 26.5. The number of thiazole rings is 1. The van der Waals surface area contributed by atoms with Gasteiger partial charge >= 0.3 is 0 Å². The molecule has 0 radical (unpaired) electrons. The van der Waals surface area contributed by atoms with Gasteiger partial charge in [0.1, 0.15) is 5.83 Å². The lowest BCUT2D eigenvalue weighted by molar-refractivity contribution is 0.111. The van der Waals surface area contributed by atoms with E-state index in [1.54, 1.807) is 25.2 Å². The largest absolute Gasteiger partial charge is 0.348 e. The van der Waals surface area contributed by atoms with Crippen molar-refractivity contribution in [3.05, 3.63) is 58.1 Å². The van der Waals surface area contributed by atoms with E-state index in [0.29, 0.717) is 12.1 Å². The van der Waals surface area contributed by atoms with Crippen molar-refractivity contribution in [1.29, 1.82) is 5.41 Å². The number of piperidine rings is 1. The molecule has 2 aromatic heterocycles. The number of aryl methyl sites for hydroxylation is 1. The molecule has 0 bridgehead atoms. The molecule has 1 aliphatic heterocycles. The van der Waals surface area contributed by atoms with Crippen molar-refractivity contribution < 1.29 is 9.18 Å². The Morgan fingerprint density at radius 3 is 2.55 bits per heavy atom. The molecule has 0 amide bonds. The second kappa shape index (κ2) is 14.5. The van der Waals surface area contributed by atoms with Crippen LogP contribution in [0.25, 0.3) is 0 Å². The summed E-state index contributed by atoms with van der Waals surface area (Å²) >= 11 is 1.71. The Hall–Kier alpha value is -2.54. The second-order valence-corrected chi connectivity index (χ2v) is 7.85. The zero-order valence-electron chi connectivity index (χ0n) is 19.3. The zero-order chi connectivity index (χ0) is 23.2. The Balaban J connectivity index is 0.000000372. The number of aromatic nitrogens is 2. The fraction of sp³-hybridized carbons (Fsp3) is 0.458. The van der Waals surface area contributed by atoms with Gasteiger partial charge in [-0.25, -0.2) is 9.37 Å². The minimum absolute atomic E-state index is 0.265. The highest BCUT2D eigenvalue weighted by Gasteiger charge is 2.14. The summed E-state index contributed by atoms with van der Waals surface area (Å²) in [6.45, 7) is 12.2. The fourth-order valence-corrected chi connectivity index (χ4v) is 3.99. The van der Waals surface area contributed by atoms with Gasteiger partial charge in [-0.1, -0.05) is 19.9 Å². The van der Waals surface area contributed by atoms with Crippen LogP contribution in [-0.2, 0) is 6.54 Å². The van der Waals surface area contributed by atoms with E-state index in [1.165, 1.54) is 31.4 Å². The van der Waals surface area contributed by atoms with Crippen molar-refractivity contribution in [3.63, 3.8) is 0 Å². The van der Waals surface area contributed by atoms with Gasteiger partial charge in [-0.15, -0.1) is 11.3 Å². The Bertz CT molecular complexity index is 876. The van der Waals surface area contributed by atoms with Crippen LogP contribution in [0.1, 0.15) is 68.7 Å². The van der Waals surface area contributed by atoms with Crippen LogP contribution >= 0.6 is 11.3 Å². The standard InChI is InChI=1S/C15H19N3OS.C7H10FN.C2H6/c1-12-7-14(10-19)18(8-12)9-13-11-20-15(16-13)17-5-3-2-4-6-17;1-3-7(8)6(2)4-5-9;1-2/h7-8,10-11H,2-6,9H2,1H3;3-5,9H,1-2H3;1-2H3/b;6-4-,7-3+,9-5?;. The molecule has 0 unspecified atom stereocenters. The molecule has 5 nitrogen and oxygen atoms in total. The molecule has 1 aliphatic rings. The lowest BCUT2D eigenvalue weighted by Crippen LogP contribution is -2.29. The highest BCUT2D eigenvalue weighted by molar-refractivity contribution is 7.13. The van der Waals surface area contributed by atoms with E-state index >= 15 is 0 Å². The summed E-state index contributed by atoms with van der Waals surface area (Å²) in [5, 5.41) is 9.83. The van der Waals surface area contributed by atoms with Crippen LogP contribution in [0.5, 0.6) is 0 Å². The van der Waals surface area contributed by atoms with E-state index in [-0.39, 0.29) is 5.83 Å². The Morgan fingerprint density at radius 2 is 1.97 bits per heavy atom. The van der Waals surface area contributed by atoms with Gasteiger partial charge in [0.2, 0.25) is 0 Å². The van der Waals surface area contributed by atoms with Gasteiger partial charge in [-0.05, 0) is 63.3 Å². The molecule has 1 saturated heterocycles. The second-order valence-electron chi connectivity index (χ2n) is 7.01. The number of nitrogens with one attached hydrogen (secondary N) is 1. The van der Waals surface area contributed by atoms with E-state index < -0.39 is 0 Å². The van der Waals surface area contributed by atoms with Crippen LogP contribution in [0.15, 0.2) is 41.2 Å². The highest BCUT2D eigenvalue weighted by Crippen LogP contribution is 2.24. The molecule has 0 aliphatic carbocycles. The van der Waals surface area contributed by atoms with Gasteiger partial charge in [0.15, 0.2) is 11.4 Å². The Labute approximate surface area is 189 Å². The van der Waals surface area contributed by atoms with Crippen LogP contribution in [0, 0.1) is 12.3 Å². The number of carbonyl (C=O) groups is 1.